The number of Topliss-reactive ketones (excluding diaryl/α,β-unsaturated/α-hetero) is 1. The highest BCUT2D eigenvalue weighted by Gasteiger charge is 2.60. The van der Waals surface area contributed by atoms with Crippen molar-refractivity contribution in [3.05, 3.63) is 106 Å². The monoisotopic (exact) mass is 422 g/mol. The van der Waals surface area contributed by atoms with Gasteiger partial charge in [-0.3, -0.25) is 14.9 Å². The van der Waals surface area contributed by atoms with E-state index in [1.165, 1.54) is 40.7 Å². The Morgan fingerprint density at radius 1 is 0.933 bits per heavy atom. The third-order valence-electron chi connectivity index (χ3n) is 5.13. The van der Waals surface area contributed by atoms with Gasteiger partial charge in [0, 0.05) is 17.7 Å². The Bertz CT molecular complexity index is 1210. The Balaban J connectivity index is 1.71. The number of carbonyl (C=O) groups is 1. The summed E-state index contributed by atoms with van der Waals surface area (Å²) in [4.78, 5) is 23.6. The van der Waals surface area contributed by atoms with Crippen LogP contribution in [0.25, 0.3) is 0 Å². The number of carbonyl (C=O) groups excluding carboxylic acids is 1. The lowest BCUT2D eigenvalue weighted by molar-refractivity contribution is -0.384. The molecular formula is C22H18N2O5S. The molecule has 1 saturated heterocycles. The number of ketones is 1. The summed E-state index contributed by atoms with van der Waals surface area (Å²) < 4.78 is 27.7. The van der Waals surface area contributed by atoms with Crippen LogP contribution in [0.3, 0.4) is 0 Å². The predicted molar refractivity (Wildman–Crippen MR) is 111 cm³/mol. The molecule has 0 amide bonds. The average molecular weight is 422 g/mol. The summed E-state index contributed by atoms with van der Waals surface area (Å²) in [7, 11) is -3.90. The molecule has 1 unspecified atom stereocenters. The molecule has 3 atom stereocenters. The maximum absolute atomic E-state index is 13.3. The topological polar surface area (TPSA) is 97.4 Å². The highest BCUT2D eigenvalue weighted by atomic mass is 32.2. The molecule has 7 nitrogen and oxygen atoms in total. The van der Waals surface area contributed by atoms with E-state index >= 15 is 0 Å². The fourth-order valence-corrected chi connectivity index (χ4v) is 5.21. The number of nitro benzene ring substituents is 1. The van der Waals surface area contributed by atoms with Gasteiger partial charge in [0.25, 0.3) is 5.69 Å². The highest BCUT2D eigenvalue weighted by molar-refractivity contribution is 7.89. The van der Waals surface area contributed by atoms with Crippen LogP contribution in [-0.4, -0.2) is 29.5 Å². The lowest BCUT2D eigenvalue weighted by Gasteiger charge is -2.07. The van der Waals surface area contributed by atoms with Crippen LogP contribution >= 0.6 is 0 Å². The summed E-state index contributed by atoms with van der Waals surface area (Å²) in [6.45, 7) is 1.86. The van der Waals surface area contributed by atoms with Crippen molar-refractivity contribution in [2.75, 3.05) is 0 Å². The molecule has 1 aliphatic rings. The Hall–Kier alpha value is -3.36. The molecule has 0 spiro atoms. The van der Waals surface area contributed by atoms with Gasteiger partial charge >= 0.3 is 0 Å². The second-order valence-corrected chi connectivity index (χ2v) is 8.96. The SMILES string of the molecule is Cc1ccc(S(=O)(=O)N2[C@H](C(=O)c3ccc([N+](=O)[O-])cc3)[C@H]2c2ccccc2)cc1. The first-order valence-electron chi connectivity index (χ1n) is 9.24. The van der Waals surface area contributed by atoms with Gasteiger partial charge in [-0.2, -0.15) is 4.31 Å². The van der Waals surface area contributed by atoms with Crippen molar-refractivity contribution in [1.29, 1.82) is 0 Å². The van der Waals surface area contributed by atoms with Gasteiger partial charge in [0.05, 0.1) is 15.9 Å². The Labute approximate surface area is 173 Å². The number of benzene rings is 3. The van der Waals surface area contributed by atoms with Gasteiger partial charge in [-0.25, -0.2) is 8.42 Å². The van der Waals surface area contributed by atoms with Crippen LogP contribution in [-0.2, 0) is 10.0 Å². The number of nitro groups is 1. The smallest absolute Gasteiger partial charge is 0.269 e. The molecule has 1 fully saturated rings. The Morgan fingerprint density at radius 3 is 2.10 bits per heavy atom. The minimum absolute atomic E-state index is 0.119. The Kier molecular flexibility index (Phi) is 4.97. The van der Waals surface area contributed by atoms with Crippen LogP contribution in [0.1, 0.15) is 27.5 Å². The summed E-state index contributed by atoms with van der Waals surface area (Å²) in [6, 6.07) is 19.1. The van der Waals surface area contributed by atoms with Crippen molar-refractivity contribution in [1.82, 2.24) is 4.31 Å². The van der Waals surface area contributed by atoms with Gasteiger partial charge < -0.3 is 0 Å². The minimum Gasteiger partial charge on any atom is -0.292 e. The third kappa shape index (κ3) is 3.51. The summed E-state index contributed by atoms with van der Waals surface area (Å²) >= 11 is 0. The van der Waals surface area contributed by atoms with E-state index in [0.717, 1.165) is 5.56 Å². The lowest BCUT2D eigenvalue weighted by Crippen LogP contribution is -2.19. The quantitative estimate of drug-likeness (QED) is 0.260. The number of hydrogen-bond acceptors (Lipinski definition) is 5. The fraction of sp³-hybridized carbons (Fsp3) is 0.136. The first kappa shape index (κ1) is 19.9. The minimum atomic E-state index is -3.90. The first-order chi connectivity index (χ1) is 14.3. The van der Waals surface area contributed by atoms with E-state index in [9.17, 15) is 23.3 Å². The van der Waals surface area contributed by atoms with Crippen molar-refractivity contribution in [2.45, 2.75) is 23.9 Å². The van der Waals surface area contributed by atoms with Crippen LogP contribution in [0, 0.1) is 17.0 Å². The van der Waals surface area contributed by atoms with Crippen molar-refractivity contribution in [3.63, 3.8) is 0 Å². The second kappa shape index (κ2) is 7.47. The van der Waals surface area contributed by atoms with Crippen LogP contribution in [0.4, 0.5) is 5.69 Å². The van der Waals surface area contributed by atoms with E-state index in [1.54, 1.807) is 36.4 Å². The second-order valence-electron chi connectivity index (χ2n) is 7.12. The summed E-state index contributed by atoms with van der Waals surface area (Å²) in [6.07, 6.45) is 0. The van der Waals surface area contributed by atoms with Crippen LogP contribution in [0.2, 0.25) is 0 Å². The van der Waals surface area contributed by atoms with Gasteiger partial charge in [0.15, 0.2) is 5.78 Å². The van der Waals surface area contributed by atoms with Gasteiger partial charge in [-0.15, -0.1) is 0 Å². The van der Waals surface area contributed by atoms with E-state index in [-0.39, 0.29) is 16.1 Å². The molecule has 1 heterocycles. The fourth-order valence-electron chi connectivity index (χ4n) is 3.50. The third-order valence-corrected chi connectivity index (χ3v) is 7.00. The molecule has 0 bridgehead atoms. The van der Waals surface area contributed by atoms with E-state index in [0.29, 0.717) is 5.56 Å². The number of nitrogens with zero attached hydrogens (tertiary/aromatic N) is 2. The molecule has 1 aliphatic heterocycles. The van der Waals surface area contributed by atoms with E-state index in [2.05, 4.69) is 0 Å². The molecular weight excluding hydrogens is 404 g/mol. The zero-order valence-electron chi connectivity index (χ0n) is 16.0. The molecule has 3 aromatic carbocycles. The van der Waals surface area contributed by atoms with Crippen molar-refractivity contribution >= 4 is 21.5 Å². The summed E-state index contributed by atoms with van der Waals surface area (Å²) in [5.74, 6) is -0.394. The number of hydrogen-bond donors (Lipinski definition) is 0. The van der Waals surface area contributed by atoms with Gasteiger partial charge in [-0.1, -0.05) is 48.0 Å². The average Bonchev–Trinajstić information content (AvgIpc) is 3.51. The van der Waals surface area contributed by atoms with Crippen LogP contribution in [0.5, 0.6) is 0 Å². The molecule has 0 aromatic heterocycles. The van der Waals surface area contributed by atoms with Crippen molar-refractivity contribution in [2.24, 2.45) is 0 Å². The first-order valence-corrected chi connectivity index (χ1v) is 10.7. The van der Waals surface area contributed by atoms with E-state index in [4.69, 9.17) is 0 Å². The molecule has 30 heavy (non-hydrogen) atoms. The largest absolute Gasteiger partial charge is 0.292 e. The molecule has 3 aromatic rings. The van der Waals surface area contributed by atoms with Gasteiger partial charge in [-0.05, 0) is 36.8 Å². The predicted octanol–water partition coefficient (Wildman–Crippen LogP) is 3.90. The lowest BCUT2D eigenvalue weighted by atomic mass is 10.0. The molecule has 0 radical (unpaired) electrons. The maximum Gasteiger partial charge on any atom is 0.269 e. The molecule has 0 saturated carbocycles. The number of rotatable bonds is 6. The zero-order valence-corrected chi connectivity index (χ0v) is 16.8. The number of aryl methyl sites for hydroxylation is 1. The molecule has 152 valence electrons. The number of sulfonamides is 1. The summed E-state index contributed by atoms with van der Waals surface area (Å²) in [5, 5.41) is 10.9. The van der Waals surface area contributed by atoms with E-state index in [1.807, 2.05) is 13.0 Å². The molecule has 0 N–H and O–H groups in total. The molecule has 4 rings (SSSR count). The van der Waals surface area contributed by atoms with Crippen LogP contribution in [0.15, 0.2) is 83.8 Å². The van der Waals surface area contributed by atoms with Crippen molar-refractivity contribution < 1.29 is 18.1 Å². The van der Waals surface area contributed by atoms with Gasteiger partial charge in [0.1, 0.15) is 6.04 Å². The standard InChI is InChI=1S/C22H18N2O5S/c1-15-7-13-19(14-8-15)30(28,29)23-20(16-5-3-2-4-6-16)21(23)22(25)17-9-11-18(12-10-17)24(26)27/h2-14,20-21H,1H3/t20-,21+,23?/m1/s1. The number of non-ortho nitro benzene ring substituents is 1. The van der Waals surface area contributed by atoms with E-state index < -0.39 is 32.8 Å². The molecule has 8 heteroatoms. The maximum atomic E-state index is 13.3. The summed E-state index contributed by atoms with van der Waals surface area (Å²) in [5.41, 5.74) is 1.74. The van der Waals surface area contributed by atoms with Crippen molar-refractivity contribution in [3.8, 4) is 0 Å². The highest BCUT2D eigenvalue weighted by Crippen LogP contribution is 2.49. The van der Waals surface area contributed by atoms with Gasteiger partial charge in [0.2, 0.25) is 10.0 Å². The molecule has 0 aliphatic carbocycles. The zero-order chi connectivity index (χ0) is 21.5. The normalized spacial score (nSPS) is 20.5. The Morgan fingerprint density at radius 2 is 1.53 bits per heavy atom. The van der Waals surface area contributed by atoms with Crippen LogP contribution < -0.4 is 0 Å².